The second-order valence-corrected chi connectivity index (χ2v) is 3.28. The first-order valence-corrected chi connectivity index (χ1v) is 4.42. The summed E-state index contributed by atoms with van der Waals surface area (Å²) in [4.78, 5) is 11.2. The summed E-state index contributed by atoms with van der Waals surface area (Å²) in [6.45, 7) is 1.68. The van der Waals surface area contributed by atoms with Crippen molar-refractivity contribution in [2.45, 2.75) is 13.0 Å². The lowest BCUT2D eigenvalue weighted by Gasteiger charge is -2.10. The van der Waals surface area contributed by atoms with E-state index in [0.717, 1.165) is 5.56 Å². The third kappa shape index (κ3) is 1.27. The Labute approximate surface area is 82.2 Å². The van der Waals surface area contributed by atoms with Crippen molar-refractivity contribution < 1.29 is 9.53 Å². The summed E-state index contributed by atoms with van der Waals surface area (Å²) in [5.41, 5.74) is 7.72. The highest BCUT2D eigenvalue weighted by molar-refractivity contribution is 5.91. The number of nitrogens with two attached hydrogens (primary N) is 1. The molecule has 0 amide bonds. The summed E-state index contributed by atoms with van der Waals surface area (Å²) in [5.74, 6) is -0.323. The molecule has 0 spiro atoms. The van der Waals surface area contributed by atoms with Crippen LogP contribution in [-0.4, -0.2) is 5.97 Å². The van der Waals surface area contributed by atoms with Crippen LogP contribution in [-0.2, 0) is 9.53 Å². The summed E-state index contributed by atoms with van der Waals surface area (Å²) >= 11 is 0. The van der Waals surface area contributed by atoms with Crippen molar-refractivity contribution in [1.82, 2.24) is 0 Å². The van der Waals surface area contributed by atoms with E-state index in [2.05, 4.69) is 0 Å². The molecule has 1 aliphatic heterocycles. The van der Waals surface area contributed by atoms with Crippen LogP contribution in [0, 0.1) is 0 Å². The molecule has 3 nitrogen and oxygen atoms in total. The zero-order valence-corrected chi connectivity index (χ0v) is 7.86. The number of benzene rings is 1. The zero-order chi connectivity index (χ0) is 10.1. The molecular weight excluding hydrogens is 178 g/mol. The average Bonchev–Trinajstić information content (AvgIpc) is 2.47. The SMILES string of the molecule is CC1=C(N)[C@H](c2ccccc2)OC1=O. The minimum atomic E-state index is -0.399. The van der Waals surface area contributed by atoms with Gasteiger partial charge in [-0.3, -0.25) is 0 Å². The van der Waals surface area contributed by atoms with E-state index in [4.69, 9.17) is 10.5 Å². The first-order valence-electron chi connectivity index (χ1n) is 4.42. The molecule has 0 aromatic heterocycles. The van der Waals surface area contributed by atoms with Gasteiger partial charge < -0.3 is 10.5 Å². The molecule has 0 unspecified atom stereocenters. The lowest BCUT2D eigenvalue weighted by Crippen LogP contribution is -2.08. The van der Waals surface area contributed by atoms with Crippen LogP contribution in [0.4, 0.5) is 0 Å². The Kier molecular flexibility index (Phi) is 2.00. The topological polar surface area (TPSA) is 52.3 Å². The van der Waals surface area contributed by atoms with Gasteiger partial charge in [-0.15, -0.1) is 0 Å². The third-order valence-corrected chi connectivity index (χ3v) is 2.35. The lowest BCUT2D eigenvalue weighted by atomic mass is 10.1. The van der Waals surface area contributed by atoms with Crippen LogP contribution in [0.5, 0.6) is 0 Å². The Bertz CT molecular complexity index is 395. The minimum absolute atomic E-state index is 0.323. The number of hydrogen-bond acceptors (Lipinski definition) is 3. The van der Waals surface area contributed by atoms with Crippen LogP contribution >= 0.6 is 0 Å². The fourth-order valence-corrected chi connectivity index (χ4v) is 1.45. The van der Waals surface area contributed by atoms with Gasteiger partial charge in [0.05, 0.1) is 11.3 Å². The van der Waals surface area contributed by atoms with Crippen LogP contribution in [0.3, 0.4) is 0 Å². The van der Waals surface area contributed by atoms with Crippen molar-refractivity contribution in [3.05, 3.63) is 47.2 Å². The van der Waals surface area contributed by atoms with E-state index in [-0.39, 0.29) is 5.97 Å². The van der Waals surface area contributed by atoms with Gasteiger partial charge in [0.15, 0.2) is 6.10 Å². The Morgan fingerprint density at radius 3 is 2.43 bits per heavy atom. The van der Waals surface area contributed by atoms with Gasteiger partial charge in [-0.05, 0) is 12.5 Å². The summed E-state index contributed by atoms with van der Waals surface area (Å²) in [5, 5.41) is 0. The van der Waals surface area contributed by atoms with Crippen molar-refractivity contribution in [1.29, 1.82) is 0 Å². The van der Waals surface area contributed by atoms with Crippen LogP contribution < -0.4 is 5.73 Å². The number of ether oxygens (including phenoxy) is 1. The number of esters is 1. The van der Waals surface area contributed by atoms with Gasteiger partial charge in [0.1, 0.15) is 0 Å². The molecule has 0 aliphatic carbocycles. The molecule has 72 valence electrons. The summed E-state index contributed by atoms with van der Waals surface area (Å²) in [7, 11) is 0. The lowest BCUT2D eigenvalue weighted by molar-refractivity contribution is -0.140. The molecule has 1 aromatic carbocycles. The van der Waals surface area contributed by atoms with E-state index < -0.39 is 6.10 Å². The molecule has 0 radical (unpaired) electrons. The third-order valence-electron chi connectivity index (χ3n) is 2.35. The Morgan fingerprint density at radius 1 is 1.29 bits per heavy atom. The largest absolute Gasteiger partial charge is 0.448 e. The molecule has 0 saturated carbocycles. The summed E-state index contributed by atoms with van der Waals surface area (Å²) in [6, 6.07) is 9.48. The van der Waals surface area contributed by atoms with Crippen LogP contribution in [0.15, 0.2) is 41.6 Å². The molecule has 0 fully saturated rings. The average molecular weight is 189 g/mol. The maximum atomic E-state index is 11.2. The number of carbonyl (C=O) groups excluding carboxylic acids is 1. The molecule has 1 aliphatic rings. The van der Waals surface area contributed by atoms with Crippen LogP contribution in [0.2, 0.25) is 0 Å². The standard InChI is InChI=1S/C11H11NO2/c1-7-9(12)10(14-11(7)13)8-5-3-2-4-6-8/h2-6,10H,12H2,1H3/t10-/m0/s1. The van der Waals surface area contributed by atoms with E-state index in [1.165, 1.54) is 0 Å². The molecule has 2 N–H and O–H groups in total. The minimum Gasteiger partial charge on any atom is -0.448 e. The van der Waals surface area contributed by atoms with E-state index in [1.807, 2.05) is 30.3 Å². The van der Waals surface area contributed by atoms with Gasteiger partial charge >= 0.3 is 5.97 Å². The maximum absolute atomic E-state index is 11.2. The molecule has 1 aromatic rings. The van der Waals surface area contributed by atoms with E-state index in [0.29, 0.717) is 11.3 Å². The Hall–Kier alpha value is -1.77. The highest BCUT2D eigenvalue weighted by Gasteiger charge is 2.30. The van der Waals surface area contributed by atoms with Crippen molar-refractivity contribution in [2.75, 3.05) is 0 Å². The van der Waals surface area contributed by atoms with Crippen molar-refractivity contribution in [3.63, 3.8) is 0 Å². The summed E-state index contributed by atoms with van der Waals surface area (Å²) in [6.07, 6.45) is -0.399. The van der Waals surface area contributed by atoms with E-state index in [1.54, 1.807) is 6.92 Å². The number of hydrogen-bond donors (Lipinski definition) is 1. The van der Waals surface area contributed by atoms with Gasteiger partial charge in [0.2, 0.25) is 0 Å². The predicted molar refractivity (Wildman–Crippen MR) is 52.2 cm³/mol. The Morgan fingerprint density at radius 2 is 1.93 bits per heavy atom. The first kappa shape index (κ1) is 8.81. The normalized spacial score (nSPS) is 21.2. The van der Waals surface area contributed by atoms with Gasteiger partial charge in [0.25, 0.3) is 0 Å². The van der Waals surface area contributed by atoms with E-state index in [9.17, 15) is 4.79 Å². The van der Waals surface area contributed by atoms with Crippen molar-refractivity contribution in [2.24, 2.45) is 5.73 Å². The molecule has 1 heterocycles. The second kappa shape index (κ2) is 3.18. The summed E-state index contributed by atoms with van der Waals surface area (Å²) < 4.78 is 5.13. The van der Waals surface area contributed by atoms with Crippen LogP contribution in [0.25, 0.3) is 0 Å². The number of carbonyl (C=O) groups is 1. The van der Waals surface area contributed by atoms with Gasteiger partial charge in [-0.1, -0.05) is 30.3 Å². The molecule has 3 heteroatoms. The molecule has 0 bridgehead atoms. The zero-order valence-electron chi connectivity index (χ0n) is 7.86. The van der Waals surface area contributed by atoms with Gasteiger partial charge in [0, 0.05) is 0 Å². The molecule has 2 rings (SSSR count). The molecular formula is C11H11NO2. The fourth-order valence-electron chi connectivity index (χ4n) is 1.45. The quantitative estimate of drug-likeness (QED) is 0.681. The van der Waals surface area contributed by atoms with Gasteiger partial charge in [-0.25, -0.2) is 4.79 Å². The predicted octanol–water partition coefficient (Wildman–Crippen LogP) is 1.52. The number of rotatable bonds is 1. The first-order chi connectivity index (χ1) is 6.70. The monoisotopic (exact) mass is 189 g/mol. The highest BCUT2D eigenvalue weighted by atomic mass is 16.5. The highest BCUT2D eigenvalue weighted by Crippen LogP contribution is 2.31. The van der Waals surface area contributed by atoms with Crippen molar-refractivity contribution >= 4 is 5.97 Å². The van der Waals surface area contributed by atoms with Crippen molar-refractivity contribution in [3.8, 4) is 0 Å². The maximum Gasteiger partial charge on any atom is 0.336 e. The fraction of sp³-hybridized carbons (Fsp3) is 0.182. The Balaban J connectivity index is 2.36. The number of cyclic esters (lactones) is 1. The van der Waals surface area contributed by atoms with E-state index >= 15 is 0 Å². The van der Waals surface area contributed by atoms with Crippen LogP contribution in [0.1, 0.15) is 18.6 Å². The second-order valence-electron chi connectivity index (χ2n) is 3.28. The van der Waals surface area contributed by atoms with Gasteiger partial charge in [-0.2, -0.15) is 0 Å². The molecule has 14 heavy (non-hydrogen) atoms. The molecule has 0 saturated heterocycles. The smallest absolute Gasteiger partial charge is 0.336 e. The molecule has 1 atom stereocenters.